The molecule has 1 aromatic rings. The Morgan fingerprint density at radius 2 is 2.20 bits per heavy atom. The number of nitrogens with zero attached hydrogens (tertiary/aromatic N) is 1. The summed E-state index contributed by atoms with van der Waals surface area (Å²) in [6.07, 6.45) is 2.22. The summed E-state index contributed by atoms with van der Waals surface area (Å²) < 4.78 is 0. The summed E-state index contributed by atoms with van der Waals surface area (Å²) in [4.78, 5) is 21.6. The van der Waals surface area contributed by atoms with E-state index < -0.39 is 4.92 Å². The Labute approximate surface area is 118 Å². The van der Waals surface area contributed by atoms with Crippen molar-refractivity contribution in [3.63, 3.8) is 0 Å². The largest absolute Gasteiger partial charge is 0.359 e. The highest BCUT2D eigenvalue weighted by molar-refractivity contribution is 5.75. The second-order valence-corrected chi connectivity index (χ2v) is 4.57. The smallest absolute Gasteiger partial charge is 0.269 e. The lowest BCUT2D eigenvalue weighted by atomic mass is 10.0. The van der Waals surface area contributed by atoms with Crippen LogP contribution in [-0.4, -0.2) is 24.4 Å². The quantitative estimate of drug-likeness (QED) is 0.564. The molecule has 2 N–H and O–H groups in total. The molecule has 110 valence electrons. The summed E-state index contributed by atoms with van der Waals surface area (Å²) in [5.41, 5.74) is 0.981. The minimum atomic E-state index is -0.392. The van der Waals surface area contributed by atoms with Gasteiger partial charge in [0.1, 0.15) is 0 Å². The summed E-state index contributed by atoms with van der Waals surface area (Å²) >= 11 is 0. The fraction of sp³-hybridized carbons (Fsp3) is 0.500. The fourth-order valence-electron chi connectivity index (χ4n) is 2.02. The molecule has 1 aromatic carbocycles. The molecular weight excluding hydrogens is 258 g/mol. The van der Waals surface area contributed by atoms with Gasteiger partial charge in [-0.1, -0.05) is 25.5 Å². The normalized spacial score (nSPS) is 11.9. The first kappa shape index (κ1) is 16.1. The monoisotopic (exact) mass is 279 g/mol. The van der Waals surface area contributed by atoms with Gasteiger partial charge in [0.05, 0.1) is 4.92 Å². The summed E-state index contributed by atoms with van der Waals surface area (Å²) in [5, 5.41) is 16.7. The average Bonchev–Trinajstić information content (AvgIpc) is 2.46. The lowest BCUT2D eigenvalue weighted by Gasteiger charge is -2.18. The molecule has 0 spiro atoms. The molecular formula is C14H21N3O3. The number of hydrogen-bond acceptors (Lipinski definition) is 4. The molecule has 0 saturated heterocycles. The molecule has 0 aliphatic heterocycles. The number of carbonyl (C=O) groups excluding carboxylic acids is 1. The molecule has 0 heterocycles. The minimum absolute atomic E-state index is 0.0215. The van der Waals surface area contributed by atoms with Gasteiger partial charge in [-0.05, 0) is 12.0 Å². The summed E-state index contributed by atoms with van der Waals surface area (Å²) in [6.45, 7) is 2.61. The third kappa shape index (κ3) is 4.97. The van der Waals surface area contributed by atoms with Crippen LogP contribution in [0.15, 0.2) is 24.3 Å². The number of non-ortho nitro benzene ring substituents is 1. The van der Waals surface area contributed by atoms with E-state index in [1.807, 2.05) is 6.07 Å². The second-order valence-electron chi connectivity index (χ2n) is 4.57. The van der Waals surface area contributed by atoms with Crippen molar-refractivity contribution in [3.8, 4) is 0 Å². The number of carbonyl (C=O) groups is 1. The van der Waals surface area contributed by atoms with Gasteiger partial charge in [-0.15, -0.1) is 0 Å². The molecule has 0 saturated carbocycles. The maximum atomic E-state index is 11.2. The van der Waals surface area contributed by atoms with Crippen LogP contribution in [-0.2, 0) is 4.79 Å². The molecule has 1 atom stereocenters. The van der Waals surface area contributed by atoms with Gasteiger partial charge in [-0.2, -0.15) is 0 Å². The molecule has 1 amide bonds. The van der Waals surface area contributed by atoms with Crippen LogP contribution in [0.5, 0.6) is 0 Å². The highest BCUT2D eigenvalue weighted by Gasteiger charge is 2.14. The number of nitro benzene ring substituents is 1. The summed E-state index contributed by atoms with van der Waals surface area (Å²) in [5.74, 6) is -0.0215. The molecule has 0 fully saturated rings. The zero-order valence-corrected chi connectivity index (χ0v) is 11.9. The lowest BCUT2D eigenvalue weighted by Crippen LogP contribution is -2.27. The molecule has 20 heavy (non-hydrogen) atoms. The van der Waals surface area contributed by atoms with Gasteiger partial charge in [-0.25, -0.2) is 0 Å². The number of benzene rings is 1. The average molecular weight is 279 g/mol. The number of hydrogen-bond donors (Lipinski definition) is 2. The Hall–Kier alpha value is -1.95. The van der Waals surface area contributed by atoms with Gasteiger partial charge in [0.25, 0.3) is 5.69 Å². The molecule has 1 unspecified atom stereocenters. The van der Waals surface area contributed by atoms with Crippen LogP contribution < -0.4 is 10.6 Å². The Bertz CT molecular complexity index is 463. The van der Waals surface area contributed by atoms with E-state index in [0.29, 0.717) is 13.0 Å². The van der Waals surface area contributed by atoms with Crippen molar-refractivity contribution in [3.05, 3.63) is 39.9 Å². The minimum Gasteiger partial charge on any atom is -0.359 e. The van der Waals surface area contributed by atoms with Crippen molar-refractivity contribution in [2.75, 3.05) is 13.6 Å². The number of rotatable bonds is 8. The van der Waals surface area contributed by atoms with E-state index >= 15 is 0 Å². The van der Waals surface area contributed by atoms with Gasteiger partial charge < -0.3 is 10.6 Å². The van der Waals surface area contributed by atoms with Gasteiger partial charge in [-0.3, -0.25) is 14.9 Å². The van der Waals surface area contributed by atoms with Crippen molar-refractivity contribution in [1.29, 1.82) is 0 Å². The van der Waals surface area contributed by atoms with Gasteiger partial charge in [0.15, 0.2) is 0 Å². The van der Waals surface area contributed by atoms with Gasteiger partial charge in [0, 0.05) is 38.2 Å². The first-order chi connectivity index (χ1) is 9.58. The predicted octanol–water partition coefficient (Wildman–Crippen LogP) is 2.16. The molecule has 6 nitrogen and oxygen atoms in total. The molecule has 1 rings (SSSR count). The molecule has 0 bridgehead atoms. The van der Waals surface area contributed by atoms with Crippen LogP contribution in [0.2, 0.25) is 0 Å². The van der Waals surface area contributed by atoms with E-state index in [1.54, 1.807) is 19.2 Å². The first-order valence-corrected chi connectivity index (χ1v) is 6.76. The Morgan fingerprint density at radius 3 is 2.80 bits per heavy atom. The molecule has 0 aliphatic rings. The van der Waals surface area contributed by atoms with E-state index in [-0.39, 0.29) is 17.6 Å². The molecule has 6 heteroatoms. The summed E-state index contributed by atoms with van der Waals surface area (Å²) in [6, 6.07) is 6.67. The standard InChI is InChI=1S/C14H21N3O3/c1-3-5-13(16-9-8-14(18)15-2)11-6-4-7-12(10-11)17(19)20/h4,6-7,10,13,16H,3,5,8-9H2,1-2H3,(H,15,18). The van der Waals surface area contributed by atoms with Gasteiger partial charge >= 0.3 is 0 Å². The third-order valence-electron chi connectivity index (χ3n) is 3.08. The van der Waals surface area contributed by atoms with E-state index in [9.17, 15) is 14.9 Å². The maximum Gasteiger partial charge on any atom is 0.269 e. The zero-order chi connectivity index (χ0) is 15.0. The first-order valence-electron chi connectivity index (χ1n) is 6.76. The van der Waals surface area contributed by atoms with E-state index in [1.165, 1.54) is 6.07 Å². The van der Waals surface area contributed by atoms with Crippen molar-refractivity contribution < 1.29 is 9.72 Å². The Kier molecular flexibility index (Phi) is 6.66. The van der Waals surface area contributed by atoms with Crippen LogP contribution in [0.25, 0.3) is 0 Å². The lowest BCUT2D eigenvalue weighted by molar-refractivity contribution is -0.384. The van der Waals surface area contributed by atoms with E-state index in [4.69, 9.17) is 0 Å². The van der Waals surface area contributed by atoms with Crippen LogP contribution >= 0.6 is 0 Å². The highest BCUT2D eigenvalue weighted by Crippen LogP contribution is 2.22. The summed E-state index contributed by atoms with van der Waals surface area (Å²) in [7, 11) is 1.60. The second kappa shape index (κ2) is 8.27. The SMILES string of the molecule is CCCC(NCCC(=O)NC)c1cccc([N+](=O)[O-])c1. The van der Waals surface area contributed by atoms with Crippen molar-refractivity contribution in [1.82, 2.24) is 10.6 Å². The zero-order valence-electron chi connectivity index (χ0n) is 11.9. The van der Waals surface area contributed by atoms with Crippen LogP contribution in [0, 0.1) is 10.1 Å². The van der Waals surface area contributed by atoms with Crippen LogP contribution in [0.3, 0.4) is 0 Å². The van der Waals surface area contributed by atoms with Crippen LogP contribution in [0.4, 0.5) is 5.69 Å². The van der Waals surface area contributed by atoms with Crippen molar-refractivity contribution in [2.24, 2.45) is 0 Å². The van der Waals surface area contributed by atoms with E-state index in [2.05, 4.69) is 17.6 Å². The molecule has 0 aliphatic carbocycles. The number of amides is 1. The number of nitrogens with one attached hydrogen (secondary N) is 2. The highest BCUT2D eigenvalue weighted by atomic mass is 16.6. The van der Waals surface area contributed by atoms with Crippen molar-refractivity contribution >= 4 is 11.6 Å². The van der Waals surface area contributed by atoms with Crippen molar-refractivity contribution in [2.45, 2.75) is 32.2 Å². The topological polar surface area (TPSA) is 84.3 Å². The Balaban J connectivity index is 2.72. The molecule has 0 aromatic heterocycles. The Morgan fingerprint density at radius 1 is 1.45 bits per heavy atom. The third-order valence-corrected chi connectivity index (χ3v) is 3.08. The molecule has 0 radical (unpaired) electrons. The van der Waals surface area contributed by atoms with Crippen LogP contribution in [0.1, 0.15) is 37.8 Å². The fourth-order valence-corrected chi connectivity index (χ4v) is 2.02. The number of nitro groups is 1. The van der Waals surface area contributed by atoms with E-state index in [0.717, 1.165) is 18.4 Å². The maximum absolute atomic E-state index is 11.2. The van der Waals surface area contributed by atoms with Gasteiger partial charge in [0.2, 0.25) is 5.91 Å². The predicted molar refractivity (Wildman–Crippen MR) is 77.4 cm³/mol.